The summed E-state index contributed by atoms with van der Waals surface area (Å²) in [5.41, 5.74) is 1.95. The summed E-state index contributed by atoms with van der Waals surface area (Å²) in [6.45, 7) is 5.84. The molecular weight excluding hydrogens is 250 g/mol. The number of aromatic nitrogens is 1. The van der Waals surface area contributed by atoms with Gasteiger partial charge in [0.05, 0.1) is 5.75 Å². The molecule has 5 nitrogen and oxygen atoms in total. The van der Waals surface area contributed by atoms with Crippen molar-refractivity contribution in [1.82, 2.24) is 15.0 Å². The smallest absolute Gasteiger partial charge is 0.211 e. The first-order valence-corrected chi connectivity index (χ1v) is 7.78. The van der Waals surface area contributed by atoms with Crippen LogP contribution in [-0.2, 0) is 16.6 Å². The van der Waals surface area contributed by atoms with Gasteiger partial charge in [0.2, 0.25) is 10.0 Å². The van der Waals surface area contributed by atoms with Crippen molar-refractivity contribution in [1.29, 1.82) is 0 Å². The van der Waals surface area contributed by atoms with Crippen LogP contribution in [0.5, 0.6) is 0 Å². The summed E-state index contributed by atoms with van der Waals surface area (Å²) in [6.07, 6.45) is 4.01. The highest BCUT2D eigenvalue weighted by Gasteiger charge is 2.10. The lowest BCUT2D eigenvalue weighted by Crippen LogP contribution is -2.28. The predicted molar refractivity (Wildman–Crippen MR) is 72.8 cm³/mol. The van der Waals surface area contributed by atoms with Crippen molar-refractivity contribution < 1.29 is 8.42 Å². The van der Waals surface area contributed by atoms with Gasteiger partial charge in [-0.25, -0.2) is 13.1 Å². The van der Waals surface area contributed by atoms with E-state index in [1.165, 1.54) is 0 Å². The fraction of sp³-hybridized carbons (Fsp3) is 0.583. The second-order valence-corrected chi connectivity index (χ2v) is 6.08. The number of hydrogen-bond donors (Lipinski definition) is 2. The molecule has 6 heteroatoms. The van der Waals surface area contributed by atoms with Crippen molar-refractivity contribution in [3.63, 3.8) is 0 Å². The Morgan fingerprint density at radius 2 is 2.17 bits per heavy atom. The molecule has 0 atom stereocenters. The Morgan fingerprint density at radius 1 is 1.39 bits per heavy atom. The molecule has 1 heterocycles. The number of hydrogen-bond acceptors (Lipinski definition) is 4. The molecule has 1 rings (SSSR count). The maximum atomic E-state index is 11.7. The van der Waals surface area contributed by atoms with Crippen molar-refractivity contribution in [2.24, 2.45) is 0 Å². The zero-order chi connectivity index (χ0) is 13.4. The molecule has 0 aliphatic heterocycles. The van der Waals surface area contributed by atoms with E-state index in [1.54, 1.807) is 12.4 Å². The van der Waals surface area contributed by atoms with E-state index in [-0.39, 0.29) is 5.75 Å². The maximum Gasteiger partial charge on any atom is 0.211 e. The summed E-state index contributed by atoms with van der Waals surface area (Å²) in [6, 6.07) is 1.87. The lowest BCUT2D eigenvalue weighted by atomic mass is 10.2. The summed E-state index contributed by atoms with van der Waals surface area (Å²) in [7, 11) is -3.19. The lowest BCUT2D eigenvalue weighted by molar-refractivity contribution is 0.575. The molecule has 0 saturated heterocycles. The van der Waals surface area contributed by atoms with Crippen LogP contribution in [0, 0.1) is 6.92 Å². The van der Waals surface area contributed by atoms with Crippen LogP contribution in [0.3, 0.4) is 0 Å². The van der Waals surface area contributed by atoms with E-state index in [0.717, 1.165) is 24.2 Å². The topological polar surface area (TPSA) is 71.1 Å². The van der Waals surface area contributed by atoms with Crippen LogP contribution in [0.4, 0.5) is 0 Å². The summed E-state index contributed by atoms with van der Waals surface area (Å²) in [5, 5.41) is 3.10. The van der Waals surface area contributed by atoms with Crippen LogP contribution in [0.15, 0.2) is 18.5 Å². The third-order valence-electron chi connectivity index (χ3n) is 2.65. The highest BCUT2D eigenvalue weighted by molar-refractivity contribution is 7.89. The molecule has 0 aromatic carbocycles. The van der Waals surface area contributed by atoms with Crippen molar-refractivity contribution >= 4 is 10.0 Å². The number of pyridine rings is 1. The van der Waals surface area contributed by atoms with Gasteiger partial charge in [-0.05, 0) is 43.6 Å². The summed E-state index contributed by atoms with van der Waals surface area (Å²) < 4.78 is 26.0. The standard InChI is InChI=1S/C12H21N3O2S/c1-3-13-6-4-8-18(16,17)15-10-12-9-14-7-5-11(12)2/h5,7,9,13,15H,3-4,6,8,10H2,1-2H3. The van der Waals surface area contributed by atoms with E-state index in [2.05, 4.69) is 15.0 Å². The summed E-state index contributed by atoms with van der Waals surface area (Å²) in [5.74, 6) is 0.152. The molecule has 0 saturated carbocycles. The van der Waals surface area contributed by atoms with Gasteiger partial charge in [-0.2, -0.15) is 0 Å². The van der Waals surface area contributed by atoms with Gasteiger partial charge in [-0.1, -0.05) is 6.92 Å². The molecule has 0 radical (unpaired) electrons. The molecule has 18 heavy (non-hydrogen) atoms. The van der Waals surface area contributed by atoms with E-state index >= 15 is 0 Å². The second-order valence-electron chi connectivity index (χ2n) is 4.15. The van der Waals surface area contributed by atoms with Crippen LogP contribution in [-0.4, -0.2) is 32.2 Å². The molecule has 0 amide bonds. The van der Waals surface area contributed by atoms with E-state index in [4.69, 9.17) is 0 Å². The van der Waals surface area contributed by atoms with E-state index in [0.29, 0.717) is 13.0 Å². The van der Waals surface area contributed by atoms with E-state index in [1.807, 2.05) is 19.9 Å². The Morgan fingerprint density at radius 3 is 2.83 bits per heavy atom. The Labute approximate surface area is 109 Å². The van der Waals surface area contributed by atoms with Crippen molar-refractivity contribution in [2.75, 3.05) is 18.8 Å². The minimum absolute atomic E-state index is 0.152. The molecule has 0 spiro atoms. The minimum Gasteiger partial charge on any atom is -0.317 e. The van der Waals surface area contributed by atoms with Crippen LogP contribution >= 0.6 is 0 Å². The van der Waals surface area contributed by atoms with Crippen molar-refractivity contribution in [3.05, 3.63) is 29.6 Å². The molecule has 0 bridgehead atoms. The Bertz CT molecular complexity index is 460. The van der Waals surface area contributed by atoms with Gasteiger partial charge < -0.3 is 5.32 Å². The van der Waals surface area contributed by atoms with Crippen LogP contribution < -0.4 is 10.0 Å². The minimum atomic E-state index is -3.19. The van der Waals surface area contributed by atoms with Gasteiger partial charge in [-0.3, -0.25) is 4.98 Å². The number of nitrogens with zero attached hydrogens (tertiary/aromatic N) is 1. The highest BCUT2D eigenvalue weighted by Crippen LogP contribution is 2.04. The lowest BCUT2D eigenvalue weighted by Gasteiger charge is -2.08. The average molecular weight is 271 g/mol. The van der Waals surface area contributed by atoms with Crippen LogP contribution in [0.2, 0.25) is 0 Å². The van der Waals surface area contributed by atoms with Crippen LogP contribution in [0.25, 0.3) is 0 Å². The first-order chi connectivity index (χ1) is 8.55. The summed E-state index contributed by atoms with van der Waals surface area (Å²) >= 11 is 0. The molecular formula is C12H21N3O2S. The van der Waals surface area contributed by atoms with Gasteiger partial charge in [0.15, 0.2) is 0 Å². The van der Waals surface area contributed by atoms with Gasteiger partial charge in [0.25, 0.3) is 0 Å². The quantitative estimate of drug-likeness (QED) is 0.686. The first-order valence-electron chi connectivity index (χ1n) is 6.12. The molecule has 0 aliphatic carbocycles. The fourth-order valence-electron chi connectivity index (χ4n) is 1.51. The van der Waals surface area contributed by atoms with Gasteiger partial charge in [0, 0.05) is 18.9 Å². The zero-order valence-corrected chi connectivity index (χ0v) is 11.8. The molecule has 0 aliphatic rings. The monoisotopic (exact) mass is 271 g/mol. The highest BCUT2D eigenvalue weighted by atomic mass is 32.2. The van der Waals surface area contributed by atoms with E-state index in [9.17, 15) is 8.42 Å². The molecule has 1 aromatic heterocycles. The molecule has 1 aromatic rings. The van der Waals surface area contributed by atoms with Crippen LogP contribution in [0.1, 0.15) is 24.5 Å². The molecule has 0 unspecified atom stereocenters. The molecule has 0 fully saturated rings. The first kappa shape index (κ1) is 15.1. The maximum absolute atomic E-state index is 11.7. The summed E-state index contributed by atoms with van der Waals surface area (Å²) in [4.78, 5) is 3.99. The predicted octanol–water partition coefficient (Wildman–Crippen LogP) is 0.809. The Kier molecular flexibility index (Phi) is 6.24. The number of nitrogens with one attached hydrogen (secondary N) is 2. The average Bonchev–Trinajstić information content (AvgIpc) is 2.34. The SMILES string of the molecule is CCNCCCS(=O)(=O)NCc1cnccc1C. The van der Waals surface area contributed by atoms with Gasteiger partial charge in [0.1, 0.15) is 0 Å². The van der Waals surface area contributed by atoms with Gasteiger partial charge in [-0.15, -0.1) is 0 Å². The Balaban J connectivity index is 2.40. The van der Waals surface area contributed by atoms with E-state index < -0.39 is 10.0 Å². The Hall–Kier alpha value is -0.980. The fourth-order valence-corrected chi connectivity index (χ4v) is 2.55. The third-order valence-corrected chi connectivity index (χ3v) is 4.06. The largest absolute Gasteiger partial charge is 0.317 e. The third kappa shape index (κ3) is 5.57. The van der Waals surface area contributed by atoms with Crippen molar-refractivity contribution in [2.45, 2.75) is 26.8 Å². The number of sulfonamides is 1. The molecule has 2 N–H and O–H groups in total. The zero-order valence-electron chi connectivity index (χ0n) is 10.9. The van der Waals surface area contributed by atoms with Gasteiger partial charge >= 0.3 is 0 Å². The normalized spacial score (nSPS) is 11.7. The number of rotatable bonds is 8. The second kappa shape index (κ2) is 7.45. The number of aryl methyl sites for hydroxylation is 1. The van der Waals surface area contributed by atoms with Crippen molar-refractivity contribution in [3.8, 4) is 0 Å². The molecule has 102 valence electrons.